The van der Waals surface area contributed by atoms with E-state index in [1.54, 1.807) is 6.07 Å². The van der Waals surface area contributed by atoms with Gasteiger partial charge in [0.2, 0.25) is 0 Å². The summed E-state index contributed by atoms with van der Waals surface area (Å²) in [6.45, 7) is 4.52. The van der Waals surface area contributed by atoms with Crippen molar-refractivity contribution in [3.63, 3.8) is 0 Å². The van der Waals surface area contributed by atoms with Gasteiger partial charge in [0.25, 0.3) is 5.91 Å². The Morgan fingerprint density at radius 2 is 1.92 bits per heavy atom. The smallest absolute Gasteiger partial charge is 0.274 e. The SMILES string of the molecule is CCOc1ccc(NC(=O)c2cc(N3CCCCC3)ncn2)cc1. The summed E-state index contributed by atoms with van der Waals surface area (Å²) in [5.41, 5.74) is 1.08. The van der Waals surface area contributed by atoms with Crippen LogP contribution in [0.4, 0.5) is 11.5 Å². The molecule has 0 unspecified atom stereocenters. The third kappa shape index (κ3) is 4.01. The third-order valence-corrected chi connectivity index (χ3v) is 3.99. The number of ether oxygens (including phenoxy) is 1. The zero-order valence-electron chi connectivity index (χ0n) is 13.9. The number of carbonyl (C=O) groups excluding carboxylic acids is 1. The molecule has 24 heavy (non-hydrogen) atoms. The van der Waals surface area contributed by atoms with Crippen LogP contribution in [-0.2, 0) is 0 Å². The lowest BCUT2D eigenvalue weighted by Gasteiger charge is -2.27. The first-order valence-electron chi connectivity index (χ1n) is 8.37. The van der Waals surface area contributed by atoms with E-state index in [9.17, 15) is 4.79 Å². The Morgan fingerprint density at radius 3 is 2.62 bits per heavy atom. The van der Waals surface area contributed by atoms with E-state index in [2.05, 4.69) is 20.2 Å². The van der Waals surface area contributed by atoms with Crippen LogP contribution < -0.4 is 15.0 Å². The first kappa shape index (κ1) is 16.2. The van der Waals surface area contributed by atoms with Gasteiger partial charge in [0.1, 0.15) is 23.6 Å². The molecule has 2 aromatic rings. The molecule has 2 heterocycles. The lowest BCUT2D eigenvalue weighted by Crippen LogP contribution is -2.30. The molecule has 0 bridgehead atoms. The highest BCUT2D eigenvalue weighted by molar-refractivity contribution is 6.03. The van der Waals surface area contributed by atoms with Crippen LogP contribution >= 0.6 is 0 Å². The summed E-state index contributed by atoms with van der Waals surface area (Å²) in [5.74, 6) is 1.37. The number of nitrogens with one attached hydrogen (secondary N) is 1. The van der Waals surface area contributed by atoms with E-state index in [0.717, 1.165) is 37.5 Å². The first-order chi connectivity index (χ1) is 11.8. The summed E-state index contributed by atoms with van der Waals surface area (Å²) in [6.07, 6.45) is 5.04. The summed E-state index contributed by atoms with van der Waals surface area (Å²) in [6, 6.07) is 9.05. The summed E-state index contributed by atoms with van der Waals surface area (Å²) in [4.78, 5) is 23.0. The lowest BCUT2D eigenvalue weighted by atomic mass is 10.1. The first-order valence-corrected chi connectivity index (χ1v) is 8.37. The van der Waals surface area contributed by atoms with Crippen LogP contribution in [0.25, 0.3) is 0 Å². The fourth-order valence-corrected chi connectivity index (χ4v) is 2.76. The number of piperidine rings is 1. The molecule has 1 N–H and O–H groups in total. The predicted molar refractivity (Wildman–Crippen MR) is 93.7 cm³/mol. The van der Waals surface area contributed by atoms with Gasteiger partial charge in [-0.25, -0.2) is 9.97 Å². The third-order valence-electron chi connectivity index (χ3n) is 3.99. The van der Waals surface area contributed by atoms with Crippen LogP contribution in [0, 0.1) is 0 Å². The van der Waals surface area contributed by atoms with Crippen LogP contribution in [0.5, 0.6) is 5.75 Å². The summed E-state index contributed by atoms with van der Waals surface area (Å²) in [5, 5.41) is 2.85. The lowest BCUT2D eigenvalue weighted by molar-refractivity contribution is 0.102. The van der Waals surface area contributed by atoms with Crippen molar-refractivity contribution < 1.29 is 9.53 Å². The molecule has 1 aliphatic rings. The Morgan fingerprint density at radius 1 is 1.17 bits per heavy atom. The molecule has 0 saturated carbocycles. The molecule has 3 rings (SSSR count). The molecule has 0 atom stereocenters. The Labute approximate surface area is 141 Å². The number of hydrogen-bond acceptors (Lipinski definition) is 5. The molecule has 1 aliphatic heterocycles. The molecule has 0 radical (unpaired) electrons. The maximum Gasteiger partial charge on any atom is 0.274 e. The van der Waals surface area contributed by atoms with Crippen LogP contribution in [0.2, 0.25) is 0 Å². The van der Waals surface area contributed by atoms with Crippen molar-refractivity contribution in [1.29, 1.82) is 0 Å². The van der Waals surface area contributed by atoms with Gasteiger partial charge in [-0.15, -0.1) is 0 Å². The van der Waals surface area contributed by atoms with Gasteiger partial charge in [-0.2, -0.15) is 0 Å². The molecule has 6 nitrogen and oxygen atoms in total. The van der Waals surface area contributed by atoms with Crippen molar-refractivity contribution in [2.45, 2.75) is 26.2 Å². The van der Waals surface area contributed by atoms with Crippen LogP contribution in [0.1, 0.15) is 36.7 Å². The monoisotopic (exact) mass is 326 g/mol. The minimum atomic E-state index is -0.236. The summed E-state index contributed by atoms with van der Waals surface area (Å²) in [7, 11) is 0. The normalized spacial score (nSPS) is 14.3. The van der Waals surface area contributed by atoms with Gasteiger partial charge in [-0.3, -0.25) is 4.79 Å². The van der Waals surface area contributed by atoms with Crippen molar-refractivity contribution in [2.24, 2.45) is 0 Å². The number of aromatic nitrogens is 2. The zero-order valence-corrected chi connectivity index (χ0v) is 13.9. The van der Waals surface area contributed by atoms with Gasteiger partial charge in [0.15, 0.2) is 0 Å². The zero-order chi connectivity index (χ0) is 16.8. The Bertz CT molecular complexity index is 682. The highest BCUT2D eigenvalue weighted by Gasteiger charge is 2.15. The Balaban J connectivity index is 1.68. The average Bonchev–Trinajstić information content (AvgIpc) is 2.64. The van der Waals surface area contributed by atoms with E-state index < -0.39 is 0 Å². The second kappa shape index (κ2) is 7.77. The quantitative estimate of drug-likeness (QED) is 0.914. The Kier molecular flexibility index (Phi) is 5.25. The largest absolute Gasteiger partial charge is 0.494 e. The van der Waals surface area contributed by atoms with Crippen molar-refractivity contribution in [3.05, 3.63) is 42.4 Å². The van der Waals surface area contributed by atoms with Crippen molar-refractivity contribution in [2.75, 3.05) is 29.9 Å². The van der Waals surface area contributed by atoms with Crippen molar-refractivity contribution in [3.8, 4) is 5.75 Å². The van der Waals surface area contributed by atoms with Gasteiger partial charge in [-0.05, 0) is 50.5 Å². The molecule has 1 saturated heterocycles. The number of carbonyl (C=O) groups is 1. The predicted octanol–water partition coefficient (Wildman–Crippen LogP) is 3.12. The van der Waals surface area contributed by atoms with E-state index in [1.165, 1.54) is 12.7 Å². The van der Waals surface area contributed by atoms with Gasteiger partial charge < -0.3 is 15.0 Å². The van der Waals surface area contributed by atoms with Crippen molar-refractivity contribution >= 4 is 17.4 Å². The maximum atomic E-state index is 12.4. The minimum Gasteiger partial charge on any atom is -0.494 e. The summed E-state index contributed by atoms with van der Waals surface area (Å²) < 4.78 is 5.39. The second-order valence-electron chi connectivity index (χ2n) is 5.72. The fraction of sp³-hybridized carbons (Fsp3) is 0.389. The molecular formula is C18H22N4O2. The van der Waals surface area contributed by atoms with Crippen LogP contribution in [-0.4, -0.2) is 35.6 Å². The molecule has 1 aromatic heterocycles. The minimum absolute atomic E-state index is 0.236. The van der Waals surface area contributed by atoms with Gasteiger partial charge in [0.05, 0.1) is 6.61 Å². The molecule has 0 spiro atoms. The van der Waals surface area contributed by atoms with Gasteiger partial charge in [0, 0.05) is 24.8 Å². The van der Waals surface area contributed by atoms with Gasteiger partial charge >= 0.3 is 0 Å². The Hall–Kier alpha value is -2.63. The molecule has 126 valence electrons. The summed E-state index contributed by atoms with van der Waals surface area (Å²) >= 11 is 0. The second-order valence-corrected chi connectivity index (χ2v) is 5.72. The highest BCUT2D eigenvalue weighted by atomic mass is 16.5. The fourth-order valence-electron chi connectivity index (χ4n) is 2.76. The molecule has 0 aliphatic carbocycles. The highest BCUT2D eigenvalue weighted by Crippen LogP contribution is 2.19. The van der Waals surface area contributed by atoms with Gasteiger partial charge in [-0.1, -0.05) is 0 Å². The van der Waals surface area contributed by atoms with E-state index >= 15 is 0 Å². The standard InChI is InChI=1S/C18H22N4O2/c1-2-24-15-8-6-14(7-9-15)21-18(23)16-12-17(20-13-19-16)22-10-4-3-5-11-22/h6-9,12-13H,2-5,10-11H2,1H3,(H,21,23). The number of hydrogen-bond donors (Lipinski definition) is 1. The number of benzene rings is 1. The molecule has 1 amide bonds. The van der Waals surface area contributed by atoms with Crippen LogP contribution in [0.15, 0.2) is 36.7 Å². The average molecular weight is 326 g/mol. The van der Waals surface area contributed by atoms with E-state index in [0.29, 0.717) is 18.0 Å². The number of rotatable bonds is 5. The van der Waals surface area contributed by atoms with E-state index in [1.807, 2.05) is 31.2 Å². The maximum absolute atomic E-state index is 12.4. The van der Waals surface area contributed by atoms with Crippen molar-refractivity contribution in [1.82, 2.24) is 9.97 Å². The molecular weight excluding hydrogens is 304 g/mol. The van der Waals surface area contributed by atoms with Crippen LogP contribution in [0.3, 0.4) is 0 Å². The number of nitrogens with zero attached hydrogens (tertiary/aromatic N) is 3. The van der Waals surface area contributed by atoms with E-state index in [4.69, 9.17) is 4.74 Å². The number of anilines is 2. The molecule has 1 aromatic carbocycles. The molecule has 1 fully saturated rings. The van der Waals surface area contributed by atoms with E-state index in [-0.39, 0.29) is 5.91 Å². The molecule has 6 heteroatoms. The number of amides is 1. The topological polar surface area (TPSA) is 67.3 Å².